The third-order valence-corrected chi connectivity index (χ3v) is 5.34. The Kier molecular flexibility index (Phi) is 4.01. The van der Waals surface area contributed by atoms with Gasteiger partial charge < -0.3 is 11.1 Å². The molecular weight excluding hydrogens is 266 g/mol. The number of nitrogens with zero attached hydrogens (tertiary/aromatic N) is 1. The van der Waals surface area contributed by atoms with Gasteiger partial charge in [-0.3, -0.25) is 4.98 Å². The van der Waals surface area contributed by atoms with Gasteiger partial charge in [0.15, 0.2) is 0 Å². The summed E-state index contributed by atoms with van der Waals surface area (Å²) in [6.07, 6.45) is 9.20. The normalized spacial score (nSPS) is 22.9. The lowest BCUT2D eigenvalue weighted by atomic mass is 9.94. The molecule has 1 aliphatic rings. The van der Waals surface area contributed by atoms with Gasteiger partial charge in [-0.05, 0) is 43.4 Å². The van der Waals surface area contributed by atoms with E-state index < -0.39 is 0 Å². The van der Waals surface area contributed by atoms with E-state index in [9.17, 15) is 0 Å². The zero-order chi connectivity index (χ0) is 13.9. The maximum Gasteiger partial charge on any atom is 0.0724 e. The van der Waals surface area contributed by atoms with Gasteiger partial charge in [0.25, 0.3) is 0 Å². The SMILES string of the molecule is CSC1CCCCC1Nc1ccc2ncccc2c1N. The topological polar surface area (TPSA) is 50.9 Å². The van der Waals surface area contributed by atoms with Gasteiger partial charge in [-0.1, -0.05) is 12.8 Å². The van der Waals surface area contributed by atoms with Crippen molar-refractivity contribution in [3.63, 3.8) is 0 Å². The zero-order valence-electron chi connectivity index (χ0n) is 11.8. The second-order valence-electron chi connectivity index (χ2n) is 5.41. The molecule has 2 atom stereocenters. The molecule has 1 aliphatic carbocycles. The first kappa shape index (κ1) is 13.6. The lowest BCUT2D eigenvalue weighted by Crippen LogP contribution is -2.34. The predicted molar refractivity (Wildman–Crippen MR) is 89.3 cm³/mol. The monoisotopic (exact) mass is 287 g/mol. The number of rotatable bonds is 3. The van der Waals surface area contributed by atoms with Crippen molar-refractivity contribution in [2.24, 2.45) is 0 Å². The maximum atomic E-state index is 6.31. The Morgan fingerprint density at radius 1 is 1.25 bits per heavy atom. The van der Waals surface area contributed by atoms with Gasteiger partial charge in [-0.15, -0.1) is 0 Å². The molecule has 0 spiro atoms. The van der Waals surface area contributed by atoms with Gasteiger partial charge in [0.05, 0.1) is 16.9 Å². The van der Waals surface area contributed by atoms with E-state index in [1.165, 1.54) is 25.7 Å². The highest BCUT2D eigenvalue weighted by Crippen LogP contribution is 2.33. The third kappa shape index (κ3) is 2.57. The van der Waals surface area contributed by atoms with Crippen molar-refractivity contribution < 1.29 is 0 Å². The van der Waals surface area contributed by atoms with Crippen LogP contribution in [0.5, 0.6) is 0 Å². The van der Waals surface area contributed by atoms with Gasteiger partial charge in [0, 0.05) is 22.9 Å². The molecule has 4 heteroatoms. The van der Waals surface area contributed by atoms with Crippen molar-refractivity contribution in [3.05, 3.63) is 30.5 Å². The van der Waals surface area contributed by atoms with E-state index in [1.807, 2.05) is 30.0 Å². The van der Waals surface area contributed by atoms with Gasteiger partial charge >= 0.3 is 0 Å². The van der Waals surface area contributed by atoms with Crippen LogP contribution in [-0.2, 0) is 0 Å². The van der Waals surface area contributed by atoms with Crippen LogP contribution >= 0.6 is 11.8 Å². The minimum absolute atomic E-state index is 0.523. The summed E-state index contributed by atoms with van der Waals surface area (Å²) in [5, 5.41) is 5.39. The van der Waals surface area contributed by atoms with Crippen LogP contribution in [0.2, 0.25) is 0 Å². The summed E-state index contributed by atoms with van der Waals surface area (Å²) < 4.78 is 0. The number of hydrogen-bond donors (Lipinski definition) is 2. The summed E-state index contributed by atoms with van der Waals surface area (Å²) in [4.78, 5) is 4.35. The zero-order valence-corrected chi connectivity index (χ0v) is 12.6. The largest absolute Gasteiger partial charge is 0.397 e. The minimum atomic E-state index is 0.523. The molecule has 3 N–H and O–H groups in total. The fraction of sp³-hybridized carbons (Fsp3) is 0.438. The fourth-order valence-electron chi connectivity index (χ4n) is 3.04. The molecule has 0 bridgehead atoms. The summed E-state index contributed by atoms with van der Waals surface area (Å²) in [5.74, 6) is 0. The van der Waals surface area contributed by atoms with Crippen molar-refractivity contribution in [2.75, 3.05) is 17.3 Å². The molecule has 1 aromatic heterocycles. The molecule has 0 aliphatic heterocycles. The van der Waals surface area contributed by atoms with Crippen LogP contribution in [0, 0.1) is 0 Å². The smallest absolute Gasteiger partial charge is 0.0724 e. The van der Waals surface area contributed by atoms with Gasteiger partial charge in [0.1, 0.15) is 0 Å². The Morgan fingerprint density at radius 3 is 2.95 bits per heavy atom. The van der Waals surface area contributed by atoms with Gasteiger partial charge in [-0.2, -0.15) is 11.8 Å². The Hall–Kier alpha value is -1.42. The van der Waals surface area contributed by atoms with Crippen LogP contribution in [0.3, 0.4) is 0 Å². The lowest BCUT2D eigenvalue weighted by molar-refractivity contribution is 0.475. The number of thioether (sulfide) groups is 1. The number of nitrogens with two attached hydrogens (primary N) is 1. The first-order valence-corrected chi connectivity index (χ1v) is 8.51. The van der Waals surface area contributed by atoms with E-state index in [-0.39, 0.29) is 0 Å². The average Bonchev–Trinajstić information content (AvgIpc) is 2.51. The highest BCUT2D eigenvalue weighted by Gasteiger charge is 2.24. The van der Waals surface area contributed by atoms with Crippen molar-refractivity contribution in [1.82, 2.24) is 4.98 Å². The molecule has 0 amide bonds. The van der Waals surface area contributed by atoms with Crippen molar-refractivity contribution in [2.45, 2.75) is 37.0 Å². The first-order valence-electron chi connectivity index (χ1n) is 7.22. The second kappa shape index (κ2) is 5.92. The molecule has 3 nitrogen and oxygen atoms in total. The van der Waals surface area contributed by atoms with E-state index in [4.69, 9.17) is 5.73 Å². The quantitative estimate of drug-likeness (QED) is 0.841. The van der Waals surface area contributed by atoms with E-state index in [1.54, 1.807) is 6.20 Å². The Balaban J connectivity index is 1.88. The lowest BCUT2D eigenvalue weighted by Gasteiger charge is -2.32. The highest BCUT2D eigenvalue weighted by atomic mass is 32.2. The number of anilines is 2. The number of hydrogen-bond acceptors (Lipinski definition) is 4. The fourth-order valence-corrected chi connectivity index (χ4v) is 3.98. The maximum absolute atomic E-state index is 6.31. The van der Waals surface area contributed by atoms with E-state index in [0.717, 1.165) is 22.3 Å². The molecule has 0 radical (unpaired) electrons. The third-order valence-electron chi connectivity index (χ3n) is 4.17. The molecular formula is C16H21N3S. The molecule has 106 valence electrons. The highest BCUT2D eigenvalue weighted by molar-refractivity contribution is 7.99. The number of nitrogens with one attached hydrogen (secondary N) is 1. The van der Waals surface area contributed by atoms with Crippen LogP contribution in [0.4, 0.5) is 11.4 Å². The van der Waals surface area contributed by atoms with E-state index >= 15 is 0 Å². The van der Waals surface area contributed by atoms with Crippen LogP contribution < -0.4 is 11.1 Å². The number of nitrogen functional groups attached to an aromatic ring is 1. The molecule has 0 saturated heterocycles. The number of pyridine rings is 1. The minimum Gasteiger partial charge on any atom is -0.397 e. The second-order valence-corrected chi connectivity index (χ2v) is 6.48. The summed E-state index contributed by atoms with van der Waals surface area (Å²) in [6.45, 7) is 0. The number of fused-ring (bicyclic) bond motifs is 1. The van der Waals surface area contributed by atoms with Crippen molar-refractivity contribution in [1.29, 1.82) is 0 Å². The Bertz CT molecular complexity index is 599. The predicted octanol–water partition coefficient (Wildman–Crippen LogP) is 3.90. The molecule has 2 aromatic rings. The summed E-state index contributed by atoms with van der Waals surface area (Å²) >= 11 is 1.97. The number of benzene rings is 1. The standard InChI is InChI=1S/C16H21N3S/c1-20-15-7-3-2-6-13(15)19-14-9-8-12-11(16(14)17)5-4-10-18-12/h4-5,8-10,13,15,19H,2-3,6-7,17H2,1H3. The first-order chi connectivity index (χ1) is 9.79. The van der Waals surface area contributed by atoms with Crippen LogP contribution in [0.25, 0.3) is 10.9 Å². The Morgan fingerprint density at radius 2 is 2.10 bits per heavy atom. The summed E-state index contributed by atoms with van der Waals surface area (Å²) in [5.41, 5.74) is 9.15. The van der Waals surface area contributed by atoms with E-state index in [0.29, 0.717) is 11.3 Å². The molecule has 20 heavy (non-hydrogen) atoms. The number of aromatic nitrogens is 1. The Labute approximate surface area is 124 Å². The van der Waals surface area contributed by atoms with Crippen molar-refractivity contribution >= 4 is 34.0 Å². The average molecular weight is 287 g/mol. The summed E-state index contributed by atoms with van der Waals surface area (Å²) in [6, 6.07) is 8.61. The van der Waals surface area contributed by atoms with Gasteiger partial charge in [0.2, 0.25) is 0 Å². The molecule has 2 unspecified atom stereocenters. The van der Waals surface area contributed by atoms with Crippen LogP contribution in [0.1, 0.15) is 25.7 Å². The van der Waals surface area contributed by atoms with E-state index in [2.05, 4.69) is 22.6 Å². The molecule has 1 fully saturated rings. The molecule has 3 rings (SSSR count). The molecule has 1 heterocycles. The van der Waals surface area contributed by atoms with Crippen LogP contribution in [0.15, 0.2) is 30.5 Å². The van der Waals surface area contributed by atoms with Crippen LogP contribution in [-0.4, -0.2) is 22.5 Å². The van der Waals surface area contributed by atoms with Crippen molar-refractivity contribution in [3.8, 4) is 0 Å². The molecule has 1 saturated carbocycles. The summed E-state index contributed by atoms with van der Waals surface area (Å²) in [7, 11) is 0. The molecule has 1 aromatic carbocycles. The van der Waals surface area contributed by atoms with Gasteiger partial charge in [-0.25, -0.2) is 0 Å².